The lowest BCUT2D eigenvalue weighted by Crippen LogP contribution is -2.29. The van der Waals surface area contributed by atoms with Gasteiger partial charge in [-0.15, -0.1) is 0 Å². The molecule has 1 saturated heterocycles. The van der Waals surface area contributed by atoms with Crippen molar-refractivity contribution in [1.29, 1.82) is 5.26 Å². The van der Waals surface area contributed by atoms with Gasteiger partial charge in [-0.2, -0.15) is 5.26 Å². The molecule has 1 aromatic carbocycles. The number of ether oxygens (including phenoxy) is 2. The molecule has 158 valence electrons. The molecule has 1 aliphatic rings. The highest BCUT2D eigenvalue weighted by molar-refractivity contribution is 7.91. The quantitative estimate of drug-likeness (QED) is 0.715. The Morgan fingerprint density at radius 2 is 2.07 bits per heavy atom. The van der Waals surface area contributed by atoms with Crippen LogP contribution >= 0.6 is 0 Å². The standard InChI is InChI=1S/C20H21N3O6S/c1-12-15(9-21)19(24)23(13-6-7-30(26,27)11-13)20(25)16(12)10-22-17-8-14(28-2)4-5-18(17)29-3/h4-5,8,10,13,25H,6-7,11H2,1-3H3/t13-/m1/s1. The van der Waals surface area contributed by atoms with Gasteiger partial charge in [0.1, 0.15) is 28.8 Å². The predicted octanol–water partition coefficient (Wildman–Crippen LogP) is 1.86. The third-order valence-electron chi connectivity index (χ3n) is 5.08. The Morgan fingerprint density at radius 3 is 2.63 bits per heavy atom. The molecule has 0 unspecified atom stereocenters. The Kier molecular flexibility index (Phi) is 5.85. The number of aromatic nitrogens is 1. The van der Waals surface area contributed by atoms with Gasteiger partial charge in [0.15, 0.2) is 9.84 Å². The number of methoxy groups -OCH3 is 2. The van der Waals surface area contributed by atoms with Gasteiger partial charge in [0.25, 0.3) is 5.56 Å². The highest BCUT2D eigenvalue weighted by Crippen LogP contribution is 2.33. The van der Waals surface area contributed by atoms with E-state index in [1.54, 1.807) is 18.2 Å². The zero-order valence-electron chi connectivity index (χ0n) is 16.7. The SMILES string of the molecule is COc1ccc(OC)c(N=Cc2c(C)c(C#N)c(=O)n([C@@H]3CCS(=O)(=O)C3)c2O)c1. The second-order valence-corrected chi connectivity index (χ2v) is 9.11. The highest BCUT2D eigenvalue weighted by atomic mass is 32.2. The molecule has 3 rings (SSSR count). The molecule has 0 amide bonds. The summed E-state index contributed by atoms with van der Waals surface area (Å²) in [5.41, 5.74) is -0.0692. The molecule has 0 radical (unpaired) electrons. The van der Waals surface area contributed by atoms with E-state index in [-0.39, 0.29) is 34.6 Å². The van der Waals surface area contributed by atoms with Crippen LogP contribution in [0, 0.1) is 18.3 Å². The summed E-state index contributed by atoms with van der Waals surface area (Å²) in [5, 5.41) is 20.3. The minimum Gasteiger partial charge on any atom is -0.497 e. The van der Waals surface area contributed by atoms with Crippen molar-refractivity contribution in [2.24, 2.45) is 4.99 Å². The summed E-state index contributed by atoms with van der Waals surface area (Å²) in [7, 11) is -0.315. The Balaban J connectivity index is 2.17. The monoisotopic (exact) mass is 431 g/mol. The summed E-state index contributed by atoms with van der Waals surface area (Å²) < 4.78 is 35.2. The number of nitriles is 1. The zero-order valence-corrected chi connectivity index (χ0v) is 17.6. The molecule has 0 aliphatic carbocycles. The number of aliphatic imine (C=N–C) groups is 1. The summed E-state index contributed by atoms with van der Waals surface area (Å²) in [4.78, 5) is 17.1. The molecular formula is C20H21N3O6S. The minimum absolute atomic E-state index is 0.0796. The van der Waals surface area contributed by atoms with Gasteiger partial charge in [0, 0.05) is 12.3 Å². The van der Waals surface area contributed by atoms with Gasteiger partial charge in [0.05, 0.1) is 37.3 Å². The van der Waals surface area contributed by atoms with Gasteiger partial charge < -0.3 is 14.6 Å². The lowest BCUT2D eigenvalue weighted by Gasteiger charge is -2.18. The normalized spacial score (nSPS) is 17.7. The van der Waals surface area contributed by atoms with Crippen molar-refractivity contribution < 1.29 is 23.0 Å². The summed E-state index contributed by atoms with van der Waals surface area (Å²) in [5.74, 6) is 0.227. The first kappa shape index (κ1) is 21.4. The van der Waals surface area contributed by atoms with Crippen LogP contribution in [0.3, 0.4) is 0 Å². The number of sulfone groups is 1. The number of aromatic hydroxyl groups is 1. The van der Waals surface area contributed by atoms with E-state index < -0.39 is 27.3 Å². The van der Waals surface area contributed by atoms with Crippen molar-refractivity contribution in [3.63, 3.8) is 0 Å². The summed E-state index contributed by atoms with van der Waals surface area (Å²) in [6.45, 7) is 1.53. The molecule has 2 aromatic rings. The maximum absolute atomic E-state index is 12.8. The average Bonchev–Trinajstić information content (AvgIpc) is 3.07. The van der Waals surface area contributed by atoms with E-state index in [9.17, 15) is 23.6 Å². The number of hydrogen-bond donors (Lipinski definition) is 1. The zero-order chi connectivity index (χ0) is 22.1. The fraction of sp³-hybridized carbons (Fsp3) is 0.350. The molecule has 1 aliphatic heterocycles. The van der Waals surface area contributed by atoms with Crippen molar-refractivity contribution >= 4 is 21.7 Å². The third kappa shape index (κ3) is 3.89. The first-order chi connectivity index (χ1) is 14.2. The second-order valence-electron chi connectivity index (χ2n) is 6.88. The van der Waals surface area contributed by atoms with Crippen LogP contribution in [-0.4, -0.2) is 50.0 Å². The van der Waals surface area contributed by atoms with Gasteiger partial charge in [-0.05, 0) is 31.0 Å². The molecule has 0 spiro atoms. The number of nitrogens with zero attached hydrogens (tertiary/aromatic N) is 3. The molecule has 1 fully saturated rings. The highest BCUT2D eigenvalue weighted by Gasteiger charge is 2.33. The number of hydrogen-bond acceptors (Lipinski definition) is 8. The van der Waals surface area contributed by atoms with Crippen LogP contribution in [0.4, 0.5) is 5.69 Å². The molecule has 10 heteroatoms. The summed E-state index contributed by atoms with van der Waals surface area (Å²) >= 11 is 0. The van der Waals surface area contributed by atoms with Crippen LogP contribution in [0.15, 0.2) is 28.0 Å². The lowest BCUT2D eigenvalue weighted by atomic mass is 10.0. The van der Waals surface area contributed by atoms with Gasteiger partial charge in [0.2, 0.25) is 5.88 Å². The molecule has 30 heavy (non-hydrogen) atoms. The molecule has 0 bridgehead atoms. The summed E-state index contributed by atoms with van der Waals surface area (Å²) in [6, 6.07) is 6.12. The van der Waals surface area contributed by atoms with Gasteiger partial charge in [-0.25, -0.2) is 8.42 Å². The largest absolute Gasteiger partial charge is 0.497 e. The van der Waals surface area contributed by atoms with Gasteiger partial charge in [-0.3, -0.25) is 14.4 Å². The molecule has 1 atom stereocenters. The fourth-order valence-electron chi connectivity index (χ4n) is 3.44. The topological polar surface area (TPSA) is 131 Å². The van der Waals surface area contributed by atoms with E-state index in [0.29, 0.717) is 17.2 Å². The Bertz CT molecular complexity index is 1220. The second kappa shape index (κ2) is 8.20. The molecule has 0 saturated carbocycles. The van der Waals surface area contributed by atoms with Crippen LogP contribution in [0.5, 0.6) is 17.4 Å². The Hall–Kier alpha value is -3.32. The molecular weight excluding hydrogens is 410 g/mol. The molecule has 9 nitrogen and oxygen atoms in total. The molecule has 1 aromatic heterocycles. The van der Waals surface area contributed by atoms with E-state index in [4.69, 9.17) is 9.47 Å². The first-order valence-corrected chi connectivity index (χ1v) is 10.9. The van der Waals surface area contributed by atoms with E-state index >= 15 is 0 Å². The van der Waals surface area contributed by atoms with E-state index in [1.165, 1.54) is 27.4 Å². The van der Waals surface area contributed by atoms with Crippen molar-refractivity contribution in [2.75, 3.05) is 25.7 Å². The van der Waals surface area contributed by atoms with Crippen molar-refractivity contribution in [1.82, 2.24) is 4.57 Å². The Labute approximate surface area is 173 Å². The van der Waals surface area contributed by atoms with Crippen molar-refractivity contribution in [3.05, 3.63) is 45.2 Å². The number of pyridine rings is 1. The number of benzene rings is 1. The maximum atomic E-state index is 12.8. The molecule has 2 heterocycles. The van der Waals surface area contributed by atoms with Gasteiger partial charge >= 0.3 is 0 Å². The Morgan fingerprint density at radius 1 is 1.33 bits per heavy atom. The molecule has 1 N–H and O–H groups in total. The van der Waals surface area contributed by atoms with E-state index in [2.05, 4.69) is 4.99 Å². The third-order valence-corrected chi connectivity index (χ3v) is 6.84. The van der Waals surface area contributed by atoms with E-state index in [0.717, 1.165) is 4.57 Å². The van der Waals surface area contributed by atoms with Crippen LogP contribution in [0.1, 0.15) is 29.2 Å². The first-order valence-electron chi connectivity index (χ1n) is 9.07. The van der Waals surface area contributed by atoms with E-state index in [1.807, 2.05) is 6.07 Å². The van der Waals surface area contributed by atoms with Crippen molar-refractivity contribution in [3.8, 4) is 23.4 Å². The van der Waals surface area contributed by atoms with Crippen LogP contribution in [-0.2, 0) is 9.84 Å². The summed E-state index contributed by atoms with van der Waals surface area (Å²) in [6.07, 6.45) is 1.51. The van der Waals surface area contributed by atoms with Gasteiger partial charge in [-0.1, -0.05) is 0 Å². The predicted molar refractivity (Wildman–Crippen MR) is 111 cm³/mol. The fourth-order valence-corrected chi connectivity index (χ4v) is 5.14. The average molecular weight is 431 g/mol. The van der Waals surface area contributed by atoms with Crippen LogP contribution in [0.2, 0.25) is 0 Å². The van der Waals surface area contributed by atoms with Crippen LogP contribution in [0.25, 0.3) is 0 Å². The minimum atomic E-state index is -3.31. The smallest absolute Gasteiger partial charge is 0.271 e. The number of rotatable bonds is 5. The maximum Gasteiger partial charge on any atom is 0.271 e. The lowest BCUT2D eigenvalue weighted by molar-refractivity contribution is 0.379. The van der Waals surface area contributed by atoms with Crippen LogP contribution < -0.4 is 15.0 Å². The van der Waals surface area contributed by atoms with Crippen molar-refractivity contribution in [2.45, 2.75) is 19.4 Å².